The molecule has 7 heteroatoms. The van der Waals surface area contributed by atoms with Gasteiger partial charge in [-0.2, -0.15) is 0 Å². The molecule has 0 atom stereocenters. The van der Waals surface area contributed by atoms with Crippen molar-refractivity contribution < 1.29 is 22.7 Å². The van der Waals surface area contributed by atoms with Crippen LogP contribution in [0.5, 0.6) is 0 Å². The van der Waals surface area contributed by atoms with Crippen molar-refractivity contribution in [1.82, 2.24) is 4.31 Å². The van der Waals surface area contributed by atoms with Gasteiger partial charge in [0.15, 0.2) is 0 Å². The van der Waals surface area contributed by atoms with Gasteiger partial charge >= 0.3 is 5.97 Å². The van der Waals surface area contributed by atoms with E-state index < -0.39 is 21.9 Å². The summed E-state index contributed by atoms with van der Waals surface area (Å²) in [6, 6.07) is 13.5. The zero-order valence-electron chi connectivity index (χ0n) is 13.6. The van der Waals surface area contributed by atoms with Crippen LogP contribution in [0.15, 0.2) is 53.4 Å². The highest BCUT2D eigenvalue weighted by molar-refractivity contribution is 7.90. The summed E-state index contributed by atoms with van der Waals surface area (Å²) < 4.78 is 30.6. The lowest BCUT2D eigenvalue weighted by Gasteiger charge is -2.15. The third-order valence-corrected chi connectivity index (χ3v) is 5.91. The highest BCUT2D eigenvalue weighted by Crippen LogP contribution is 2.29. The Kier molecular flexibility index (Phi) is 4.59. The van der Waals surface area contributed by atoms with Crippen molar-refractivity contribution in [3.63, 3.8) is 0 Å². The molecule has 2 aromatic rings. The molecule has 0 spiro atoms. The number of hydrogen-bond acceptors (Lipinski definition) is 5. The topological polar surface area (TPSA) is 80.8 Å². The van der Waals surface area contributed by atoms with E-state index in [2.05, 4.69) is 0 Å². The number of carbonyl (C=O) groups is 2. The Hall–Kier alpha value is -2.67. The second-order valence-electron chi connectivity index (χ2n) is 5.70. The number of rotatable bonds is 5. The third kappa shape index (κ3) is 3.28. The largest absolute Gasteiger partial charge is 0.463 e. The summed E-state index contributed by atoms with van der Waals surface area (Å²) in [6.07, 6.45) is 0.105. The van der Waals surface area contributed by atoms with Gasteiger partial charge in [-0.3, -0.25) is 9.59 Å². The summed E-state index contributed by atoms with van der Waals surface area (Å²) in [5.74, 6) is -1.05. The van der Waals surface area contributed by atoms with E-state index in [0.29, 0.717) is 0 Å². The van der Waals surface area contributed by atoms with Crippen LogP contribution in [0.4, 0.5) is 0 Å². The molecule has 0 aromatic heterocycles. The van der Waals surface area contributed by atoms with E-state index in [9.17, 15) is 18.0 Å². The summed E-state index contributed by atoms with van der Waals surface area (Å²) in [7, 11) is -3.87. The van der Waals surface area contributed by atoms with Crippen LogP contribution in [0.25, 0.3) is 0 Å². The van der Waals surface area contributed by atoms with Gasteiger partial charge in [-0.1, -0.05) is 36.4 Å². The van der Waals surface area contributed by atoms with Gasteiger partial charge in [0.05, 0.1) is 18.5 Å². The Labute approximate surface area is 146 Å². The Balaban J connectivity index is 1.61. The van der Waals surface area contributed by atoms with Gasteiger partial charge < -0.3 is 4.74 Å². The van der Waals surface area contributed by atoms with Gasteiger partial charge in [-0.15, -0.1) is 0 Å². The lowest BCUT2D eigenvalue weighted by molar-refractivity contribution is -0.142. The van der Waals surface area contributed by atoms with Crippen molar-refractivity contribution in [1.29, 1.82) is 0 Å². The number of esters is 1. The Bertz CT molecular complexity index is 936. The number of nitrogens with zero attached hydrogens (tertiary/aromatic N) is 1. The second kappa shape index (κ2) is 6.68. The van der Waals surface area contributed by atoms with E-state index in [1.807, 2.05) is 31.2 Å². The minimum Gasteiger partial charge on any atom is -0.463 e. The molecular weight excluding hydrogens is 342 g/mol. The molecule has 6 nitrogen and oxygen atoms in total. The van der Waals surface area contributed by atoms with Gasteiger partial charge in [-0.25, -0.2) is 12.7 Å². The average Bonchev–Trinajstić information content (AvgIpc) is 2.78. The molecule has 1 amide bonds. The molecule has 3 rings (SSSR count). The third-order valence-electron chi connectivity index (χ3n) is 4.07. The standard InChI is InChI=1S/C18H17NO5S/c1-13-6-2-3-7-14(13)12-17(20)24-11-10-19-18(21)15-8-4-5-9-16(15)25(19,22)23/h2-9H,10-12H2,1H3. The van der Waals surface area contributed by atoms with Crippen LogP contribution in [0, 0.1) is 6.92 Å². The monoisotopic (exact) mass is 359 g/mol. The number of aryl methyl sites for hydroxylation is 1. The summed E-state index contributed by atoms with van der Waals surface area (Å²) >= 11 is 0. The minimum absolute atomic E-state index is 0.00811. The molecule has 2 aromatic carbocycles. The summed E-state index contributed by atoms with van der Waals surface area (Å²) in [6.45, 7) is 1.52. The van der Waals surface area contributed by atoms with Crippen LogP contribution in [-0.2, 0) is 26.0 Å². The molecule has 0 unspecified atom stereocenters. The number of hydrogen-bond donors (Lipinski definition) is 0. The first-order chi connectivity index (χ1) is 11.9. The zero-order chi connectivity index (χ0) is 18.0. The van der Waals surface area contributed by atoms with Gasteiger partial charge in [-0.05, 0) is 30.2 Å². The average molecular weight is 359 g/mol. The highest BCUT2D eigenvalue weighted by Gasteiger charge is 2.40. The first-order valence-corrected chi connectivity index (χ1v) is 9.21. The lowest BCUT2D eigenvalue weighted by atomic mass is 10.1. The molecule has 0 saturated carbocycles. The molecule has 1 aliphatic rings. The van der Waals surface area contributed by atoms with Crippen molar-refractivity contribution in [2.75, 3.05) is 13.2 Å². The predicted molar refractivity (Wildman–Crippen MR) is 90.5 cm³/mol. The smallest absolute Gasteiger partial charge is 0.310 e. The molecule has 1 heterocycles. The molecular formula is C18H17NO5S. The number of amides is 1. The molecule has 0 N–H and O–H groups in total. The van der Waals surface area contributed by atoms with E-state index in [4.69, 9.17) is 4.74 Å². The number of carbonyl (C=O) groups excluding carboxylic acids is 2. The van der Waals surface area contributed by atoms with Crippen molar-refractivity contribution in [3.05, 3.63) is 65.2 Å². The maximum atomic E-state index is 12.4. The molecule has 0 saturated heterocycles. The number of fused-ring (bicyclic) bond motifs is 1. The normalized spacial score (nSPS) is 15.1. The highest BCUT2D eigenvalue weighted by atomic mass is 32.2. The van der Waals surface area contributed by atoms with Crippen LogP contribution in [0.3, 0.4) is 0 Å². The number of benzene rings is 2. The minimum atomic E-state index is -3.87. The quantitative estimate of drug-likeness (QED) is 0.762. The molecule has 0 aliphatic carbocycles. The van der Waals surface area contributed by atoms with Crippen LogP contribution in [-0.4, -0.2) is 37.8 Å². The molecule has 0 fully saturated rings. The van der Waals surface area contributed by atoms with E-state index in [-0.39, 0.29) is 30.0 Å². The van der Waals surface area contributed by atoms with Gasteiger partial charge in [0.25, 0.3) is 15.9 Å². The van der Waals surface area contributed by atoms with Gasteiger partial charge in [0, 0.05) is 0 Å². The fourth-order valence-electron chi connectivity index (χ4n) is 2.71. The van der Waals surface area contributed by atoms with Crippen molar-refractivity contribution in [3.8, 4) is 0 Å². The summed E-state index contributed by atoms with van der Waals surface area (Å²) in [5, 5.41) is 0. The molecule has 0 bridgehead atoms. The molecule has 0 radical (unpaired) electrons. The second-order valence-corrected chi connectivity index (χ2v) is 7.53. The SMILES string of the molecule is Cc1ccccc1CC(=O)OCCN1C(=O)c2ccccc2S1(=O)=O. The Morgan fingerprint density at radius 1 is 1.08 bits per heavy atom. The first-order valence-electron chi connectivity index (χ1n) is 7.77. The maximum Gasteiger partial charge on any atom is 0.310 e. The van der Waals surface area contributed by atoms with Crippen LogP contribution in [0.1, 0.15) is 21.5 Å². The predicted octanol–water partition coefficient (Wildman–Crippen LogP) is 1.93. The van der Waals surface area contributed by atoms with Crippen molar-refractivity contribution in [2.45, 2.75) is 18.2 Å². The van der Waals surface area contributed by atoms with Crippen molar-refractivity contribution in [2.24, 2.45) is 0 Å². The first kappa shape index (κ1) is 17.2. The fraction of sp³-hybridized carbons (Fsp3) is 0.222. The summed E-state index contributed by atoms with van der Waals surface area (Å²) in [4.78, 5) is 24.1. The Morgan fingerprint density at radius 3 is 2.48 bits per heavy atom. The fourth-order valence-corrected chi connectivity index (χ4v) is 4.26. The van der Waals surface area contributed by atoms with Crippen molar-refractivity contribution >= 4 is 21.9 Å². The summed E-state index contributed by atoms with van der Waals surface area (Å²) in [5.41, 5.74) is 1.98. The van der Waals surface area contributed by atoms with E-state index >= 15 is 0 Å². The maximum absolute atomic E-state index is 12.4. The molecule has 1 aliphatic heterocycles. The molecule has 25 heavy (non-hydrogen) atoms. The van der Waals surface area contributed by atoms with Gasteiger partial charge in [0.2, 0.25) is 0 Å². The van der Waals surface area contributed by atoms with Gasteiger partial charge in [0.1, 0.15) is 11.5 Å². The van der Waals surface area contributed by atoms with E-state index in [1.165, 1.54) is 12.1 Å². The van der Waals surface area contributed by atoms with E-state index in [1.54, 1.807) is 12.1 Å². The van der Waals surface area contributed by atoms with Crippen LogP contribution in [0.2, 0.25) is 0 Å². The number of ether oxygens (including phenoxy) is 1. The lowest BCUT2D eigenvalue weighted by Crippen LogP contribution is -2.33. The zero-order valence-corrected chi connectivity index (χ0v) is 14.5. The van der Waals surface area contributed by atoms with Crippen LogP contribution < -0.4 is 0 Å². The van der Waals surface area contributed by atoms with E-state index in [0.717, 1.165) is 15.4 Å². The Morgan fingerprint density at radius 2 is 1.76 bits per heavy atom. The number of sulfonamides is 1. The molecule has 130 valence electrons. The van der Waals surface area contributed by atoms with Crippen LogP contribution >= 0.6 is 0 Å².